The molecule has 0 spiro atoms. The summed E-state index contributed by atoms with van der Waals surface area (Å²) >= 11 is 5.78. The van der Waals surface area contributed by atoms with Crippen LogP contribution in [0.3, 0.4) is 0 Å². The Balaban J connectivity index is 1.79. The van der Waals surface area contributed by atoms with Crippen molar-refractivity contribution in [2.75, 3.05) is 10.6 Å². The molecule has 6 nitrogen and oxygen atoms in total. The lowest BCUT2D eigenvalue weighted by molar-refractivity contribution is 0.101. The van der Waals surface area contributed by atoms with Crippen LogP contribution in [0.25, 0.3) is 0 Å². The molecular weight excluding hydrogens is 402 g/mol. The van der Waals surface area contributed by atoms with E-state index in [0.717, 1.165) is 12.5 Å². The molecule has 0 atom stereocenters. The summed E-state index contributed by atoms with van der Waals surface area (Å²) in [6, 6.07) is 7.43. The van der Waals surface area contributed by atoms with Crippen LogP contribution >= 0.6 is 11.6 Å². The van der Waals surface area contributed by atoms with Gasteiger partial charge < -0.3 is 10.6 Å². The first kappa shape index (κ1) is 20.5. The third-order valence-corrected chi connectivity index (χ3v) is 4.25. The van der Waals surface area contributed by atoms with Gasteiger partial charge in [-0.25, -0.2) is 8.78 Å². The summed E-state index contributed by atoms with van der Waals surface area (Å²) in [6.07, 6.45) is 3.89. The lowest BCUT2D eigenvalue weighted by Crippen LogP contribution is -2.17. The summed E-state index contributed by atoms with van der Waals surface area (Å²) in [4.78, 5) is 24.7. The number of rotatable bonds is 6. The molecule has 1 aromatic heterocycles. The van der Waals surface area contributed by atoms with Gasteiger partial charge in [-0.15, -0.1) is 0 Å². The Morgan fingerprint density at radius 1 is 1.07 bits per heavy atom. The SMILES string of the molecule is CCCn1cc(NC(=O)c2cc(NC(=O)c3ccc(Cl)cc3)c(F)cc2F)cn1. The highest BCUT2D eigenvalue weighted by atomic mass is 35.5. The van der Waals surface area contributed by atoms with Crippen LogP contribution in [0, 0.1) is 11.6 Å². The number of amides is 2. The van der Waals surface area contributed by atoms with E-state index in [0.29, 0.717) is 23.3 Å². The first-order valence-corrected chi connectivity index (χ1v) is 9.15. The van der Waals surface area contributed by atoms with E-state index in [-0.39, 0.29) is 11.3 Å². The van der Waals surface area contributed by atoms with Crippen molar-refractivity contribution in [1.82, 2.24) is 9.78 Å². The monoisotopic (exact) mass is 418 g/mol. The van der Waals surface area contributed by atoms with Gasteiger partial charge in [0.15, 0.2) is 0 Å². The summed E-state index contributed by atoms with van der Waals surface area (Å²) in [5.41, 5.74) is -0.134. The largest absolute Gasteiger partial charge is 0.319 e. The number of aromatic nitrogens is 2. The highest BCUT2D eigenvalue weighted by Crippen LogP contribution is 2.22. The molecule has 0 aliphatic rings. The molecule has 2 amide bonds. The van der Waals surface area contributed by atoms with Crippen molar-refractivity contribution in [3.8, 4) is 0 Å². The van der Waals surface area contributed by atoms with E-state index in [1.165, 1.54) is 30.5 Å². The summed E-state index contributed by atoms with van der Waals surface area (Å²) in [5, 5.41) is 9.34. The normalized spacial score (nSPS) is 10.6. The Bertz CT molecular complexity index is 1050. The van der Waals surface area contributed by atoms with Gasteiger partial charge in [0.1, 0.15) is 11.6 Å². The average Bonchev–Trinajstić information content (AvgIpc) is 3.11. The number of aryl methyl sites for hydroxylation is 1. The van der Waals surface area contributed by atoms with Crippen LogP contribution in [0.15, 0.2) is 48.8 Å². The molecular formula is C20H17ClF2N4O2. The Hall–Kier alpha value is -3.26. The van der Waals surface area contributed by atoms with E-state index in [1.807, 2.05) is 6.92 Å². The minimum atomic E-state index is -1.05. The zero-order valence-electron chi connectivity index (χ0n) is 15.4. The Labute approximate surface area is 170 Å². The summed E-state index contributed by atoms with van der Waals surface area (Å²) in [5.74, 6) is -3.47. The van der Waals surface area contributed by atoms with Crippen molar-refractivity contribution in [3.63, 3.8) is 0 Å². The van der Waals surface area contributed by atoms with Gasteiger partial charge in [-0.3, -0.25) is 14.3 Å². The predicted molar refractivity (Wildman–Crippen MR) is 106 cm³/mol. The molecule has 2 aromatic carbocycles. The van der Waals surface area contributed by atoms with E-state index in [9.17, 15) is 18.4 Å². The first-order chi connectivity index (χ1) is 13.9. The smallest absolute Gasteiger partial charge is 0.258 e. The minimum Gasteiger partial charge on any atom is -0.319 e. The van der Waals surface area contributed by atoms with E-state index in [1.54, 1.807) is 10.9 Å². The zero-order valence-corrected chi connectivity index (χ0v) is 16.1. The second kappa shape index (κ2) is 8.83. The fourth-order valence-corrected chi connectivity index (χ4v) is 2.72. The number of carbonyl (C=O) groups excluding carboxylic acids is 2. The lowest BCUT2D eigenvalue weighted by Gasteiger charge is -2.10. The molecule has 3 rings (SSSR count). The van der Waals surface area contributed by atoms with Crippen LogP contribution in [0.2, 0.25) is 5.02 Å². The van der Waals surface area contributed by atoms with E-state index in [4.69, 9.17) is 11.6 Å². The van der Waals surface area contributed by atoms with Gasteiger partial charge in [-0.2, -0.15) is 5.10 Å². The summed E-state index contributed by atoms with van der Waals surface area (Å²) < 4.78 is 29.9. The van der Waals surface area contributed by atoms with Gasteiger partial charge in [0.2, 0.25) is 0 Å². The minimum absolute atomic E-state index is 0.229. The van der Waals surface area contributed by atoms with Crippen LogP contribution in [0.4, 0.5) is 20.2 Å². The van der Waals surface area contributed by atoms with Gasteiger partial charge in [-0.05, 0) is 36.8 Å². The van der Waals surface area contributed by atoms with Gasteiger partial charge in [0, 0.05) is 29.4 Å². The van der Waals surface area contributed by atoms with Crippen molar-refractivity contribution in [3.05, 3.63) is 76.6 Å². The van der Waals surface area contributed by atoms with Gasteiger partial charge >= 0.3 is 0 Å². The number of nitrogens with one attached hydrogen (secondary N) is 2. The van der Waals surface area contributed by atoms with E-state index >= 15 is 0 Å². The quantitative estimate of drug-likeness (QED) is 0.607. The van der Waals surface area contributed by atoms with Gasteiger partial charge in [-0.1, -0.05) is 18.5 Å². The average molecular weight is 419 g/mol. The number of hydrogen-bond donors (Lipinski definition) is 2. The number of carbonyl (C=O) groups is 2. The van der Waals surface area contributed by atoms with Crippen LogP contribution in [-0.4, -0.2) is 21.6 Å². The number of anilines is 2. The second-order valence-corrected chi connectivity index (χ2v) is 6.66. The fraction of sp³-hybridized carbons (Fsp3) is 0.150. The molecule has 0 saturated heterocycles. The molecule has 0 bridgehead atoms. The maximum absolute atomic E-state index is 14.2. The number of nitrogens with zero attached hydrogens (tertiary/aromatic N) is 2. The Morgan fingerprint density at radius 3 is 2.48 bits per heavy atom. The lowest BCUT2D eigenvalue weighted by atomic mass is 10.1. The van der Waals surface area contributed by atoms with Gasteiger partial charge in [0.25, 0.3) is 11.8 Å². The maximum atomic E-state index is 14.2. The predicted octanol–water partition coefficient (Wildman–Crippen LogP) is 4.73. The van der Waals surface area contributed by atoms with Crippen molar-refractivity contribution in [2.45, 2.75) is 19.9 Å². The highest BCUT2D eigenvalue weighted by molar-refractivity contribution is 6.30. The van der Waals surface area contributed by atoms with Crippen LogP contribution in [0.1, 0.15) is 34.1 Å². The molecule has 0 aliphatic carbocycles. The molecule has 2 N–H and O–H groups in total. The Kier molecular flexibility index (Phi) is 6.23. The van der Waals surface area contributed by atoms with Crippen LogP contribution in [-0.2, 0) is 6.54 Å². The highest BCUT2D eigenvalue weighted by Gasteiger charge is 2.18. The number of benzene rings is 2. The molecule has 0 unspecified atom stereocenters. The van der Waals surface area contributed by atoms with E-state index in [2.05, 4.69) is 15.7 Å². The molecule has 1 heterocycles. The third-order valence-electron chi connectivity index (χ3n) is 4.00. The van der Waals surface area contributed by atoms with Crippen molar-refractivity contribution in [2.24, 2.45) is 0 Å². The van der Waals surface area contributed by atoms with Crippen molar-refractivity contribution in [1.29, 1.82) is 0 Å². The zero-order chi connectivity index (χ0) is 21.0. The molecule has 0 aliphatic heterocycles. The molecule has 0 radical (unpaired) electrons. The molecule has 150 valence electrons. The summed E-state index contributed by atoms with van der Waals surface area (Å²) in [6.45, 7) is 2.65. The Morgan fingerprint density at radius 2 is 1.79 bits per heavy atom. The standard InChI is InChI=1S/C20H17ClF2N4O2/c1-2-7-27-11-14(10-24-27)25-20(29)15-8-18(17(23)9-16(15)22)26-19(28)12-3-5-13(21)6-4-12/h3-6,8-11H,2,7H2,1H3,(H,25,29)(H,26,28). The maximum Gasteiger partial charge on any atom is 0.258 e. The number of halogens is 3. The van der Waals surface area contributed by atoms with Gasteiger partial charge in [0.05, 0.1) is 23.1 Å². The number of hydrogen-bond acceptors (Lipinski definition) is 3. The summed E-state index contributed by atoms with van der Waals surface area (Å²) in [7, 11) is 0. The third kappa shape index (κ3) is 4.97. The first-order valence-electron chi connectivity index (χ1n) is 8.77. The van der Waals surface area contributed by atoms with Crippen LogP contribution in [0.5, 0.6) is 0 Å². The fourth-order valence-electron chi connectivity index (χ4n) is 2.59. The van der Waals surface area contributed by atoms with E-state index < -0.39 is 29.0 Å². The molecule has 0 saturated carbocycles. The van der Waals surface area contributed by atoms with Crippen molar-refractivity contribution >= 4 is 34.8 Å². The molecule has 9 heteroatoms. The molecule has 0 fully saturated rings. The van der Waals surface area contributed by atoms with Crippen molar-refractivity contribution < 1.29 is 18.4 Å². The second-order valence-electron chi connectivity index (χ2n) is 6.22. The molecule has 3 aromatic rings. The topological polar surface area (TPSA) is 76.0 Å². The van der Waals surface area contributed by atoms with Crippen LogP contribution < -0.4 is 10.6 Å². The molecule has 29 heavy (non-hydrogen) atoms.